The SMILES string of the molecule is CC1(O)CCCN(CC(C)(C)C(N)c2ccccc2)C1. The van der Waals surface area contributed by atoms with Crippen LogP contribution in [0.15, 0.2) is 30.3 Å². The van der Waals surface area contributed by atoms with Crippen LogP contribution in [0.5, 0.6) is 0 Å². The van der Waals surface area contributed by atoms with Crippen LogP contribution in [0, 0.1) is 5.41 Å². The summed E-state index contributed by atoms with van der Waals surface area (Å²) in [5.41, 5.74) is 7.08. The number of benzene rings is 1. The first-order chi connectivity index (χ1) is 9.30. The van der Waals surface area contributed by atoms with Crippen molar-refractivity contribution in [2.24, 2.45) is 11.1 Å². The lowest BCUT2D eigenvalue weighted by Crippen LogP contribution is -2.50. The van der Waals surface area contributed by atoms with E-state index in [9.17, 15) is 5.11 Å². The lowest BCUT2D eigenvalue weighted by Gasteiger charge is -2.42. The summed E-state index contributed by atoms with van der Waals surface area (Å²) in [6.45, 7) is 9.09. The molecule has 20 heavy (non-hydrogen) atoms. The highest BCUT2D eigenvalue weighted by atomic mass is 16.3. The summed E-state index contributed by atoms with van der Waals surface area (Å²) in [4.78, 5) is 2.35. The Bertz CT molecular complexity index is 428. The van der Waals surface area contributed by atoms with Gasteiger partial charge in [-0.05, 0) is 37.3 Å². The van der Waals surface area contributed by atoms with Crippen LogP contribution >= 0.6 is 0 Å². The summed E-state index contributed by atoms with van der Waals surface area (Å²) in [5.74, 6) is 0. The molecular formula is C17H28N2O. The van der Waals surface area contributed by atoms with Crippen LogP contribution in [0.1, 0.15) is 45.2 Å². The van der Waals surface area contributed by atoms with Crippen LogP contribution in [-0.4, -0.2) is 35.2 Å². The molecule has 1 aromatic rings. The normalized spacial score (nSPS) is 26.4. The van der Waals surface area contributed by atoms with E-state index in [0.29, 0.717) is 0 Å². The standard InChI is InChI=1S/C17H28N2O/c1-16(2,15(18)14-8-5-4-6-9-14)12-19-11-7-10-17(3,20)13-19/h4-6,8-9,15,20H,7,10-13,18H2,1-3H3. The zero-order valence-electron chi connectivity index (χ0n) is 13.0. The van der Waals surface area contributed by atoms with Crippen molar-refractivity contribution >= 4 is 0 Å². The van der Waals surface area contributed by atoms with Crippen LogP contribution < -0.4 is 5.73 Å². The minimum absolute atomic E-state index is 0.00979. The van der Waals surface area contributed by atoms with Gasteiger partial charge in [0.1, 0.15) is 0 Å². The summed E-state index contributed by atoms with van der Waals surface area (Å²) in [5, 5.41) is 10.2. The fourth-order valence-corrected chi connectivity index (χ4v) is 3.24. The van der Waals surface area contributed by atoms with Crippen molar-refractivity contribution < 1.29 is 5.11 Å². The third-order valence-corrected chi connectivity index (χ3v) is 4.39. The predicted molar refractivity (Wildman–Crippen MR) is 83.4 cm³/mol. The molecule has 2 atom stereocenters. The third kappa shape index (κ3) is 3.81. The van der Waals surface area contributed by atoms with Gasteiger partial charge in [0.15, 0.2) is 0 Å². The summed E-state index contributed by atoms with van der Waals surface area (Å²) in [6.07, 6.45) is 1.96. The van der Waals surface area contributed by atoms with E-state index in [1.807, 2.05) is 25.1 Å². The van der Waals surface area contributed by atoms with E-state index in [1.165, 1.54) is 5.56 Å². The summed E-state index contributed by atoms with van der Waals surface area (Å²) in [7, 11) is 0. The van der Waals surface area contributed by atoms with Crippen molar-refractivity contribution in [1.82, 2.24) is 4.90 Å². The van der Waals surface area contributed by atoms with Crippen molar-refractivity contribution in [1.29, 1.82) is 0 Å². The third-order valence-electron chi connectivity index (χ3n) is 4.39. The maximum absolute atomic E-state index is 10.2. The van der Waals surface area contributed by atoms with Gasteiger partial charge in [-0.25, -0.2) is 0 Å². The zero-order valence-corrected chi connectivity index (χ0v) is 13.0. The molecule has 0 aromatic heterocycles. The van der Waals surface area contributed by atoms with Gasteiger partial charge in [0.2, 0.25) is 0 Å². The van der Waals surface area contributed by atoms with Gasteiger partial charge in [-0.1, -0.05) is 44.2 Å². The number of piperidine rings is 1. The van der Waals surface area contributed by atoms with E-state index in [-0.39, 0.29) is 11.5 Å². The minimum Gasteiger partial charge on any atom is -0.389 e. The minimum atomic E-state index is -0.550. The number of β-amino-alcohol motifs (C(OH)–C–C–N with tert-alkyl or cyclic N) is 1. The molecule has 1 aliphatic heterocycles. The van der Waals surface area contributed by atoms with Gasteiger partial charge in [0.25, 0.3) is 0 Å². The molecule has 1 heterocycles. The number of nitrogens with two attached hydrogens (primary N) is 1. The molecule has 2 rings (SSSR count). The molecule has 1 fully saturated rings. The van der Waals surface area contributed by atoms with Crippen LogP contribution in [0.3, 0.4) is 0 Å². The second-order valence-corrected chi connectivity index (χ2v) is 7.19. The highest BCUT2D eigenvalue weighted by Gasteiger charge is 2.34. The molecule has 3 N–H and O–H groups in total. The lowest BCUT2D eigenvalue weighted by atomic mass is 9.79. The van der Waals surface area contributed by atoms with Gasteiger partial charge in [-0.3, -0.25) is 4.90 Å². The van der Waals surface area contributed by atoms with E-state index >= 15 is 0 Å². The molecule has 1 saturated heterocycles. The van der Waals surface area contributed by atoms with Crippen LogP contribution in [0.25, 0.3) is 0 Å². The van der Waals surface area contributed by atoms with Gasteiger partial charge in [0.05, 0.1) is 5.60 Å². The van der Waals surface area contributed by atoms with Crippen molar-refractivity contribution in [2.45, 2.75) is 45.3 Å². The fourth-order valence-electron chi connectivity index (χ4n) is 3.24. The van der Waals surface area contributed by atoms with Crippen molar-refractivity contribution in [3.63, 3.8) is 0 Å². The molecular weight excluding hydrogens is 248 g/mol. The molecule has 0 saturated carbocycles. The van der Waals surface area contributed by atoms with Gasteiger partial charge in [-0.15, -0.1) is 0 Å². The van der Waals surface area contributed by atoms with E-state index in [2.05, 4.69) is 30.9 Å². The number of rotatable bonds is 4. The van der Waals surface area contributed by atoms with E-state index in [4.69, 9.17) is 5.73 Å². The average molecular weight is 276 g/mol. The quantitative estimate of drug-likeness (QED) is 0.888. The molecule has 1 aromatic carbocycles. The second kappa shape index (κ2) is 5.84. The maximum Gasteiger partial charge on any atom is 0.0746 e. The molecule has 2 unspecified atom stereocenters. The Morgan fingerprint density at radius 2 is 2.00 bits per heavy atom. The Labute approximate surface area is 122 Å². The molecule has 0 amide bonds. The fraction of sp³-hybridized carbons (Fsp3) is 0.647. The van der Waals surface area contributed by atoms with Gasteiger partial charge < -0.3 is 10.8 Å². The van der Waals surface area contributed by atoms with E-state index in [0.717, 1.165) is 32.5 Å². The highest BCUT2D eigenvalue weighted by molar-refractivity contribution is 5.20. The number of hydrogen-bond donors (Lipinski definition) is 2. The van der Waals surface area contributed by atoms with Gasteiger partial charge in [-0.2, -0.15) is 0 Å². The summed E-state index contributed by atoms with van der Waals surface area (Å²) in [6, 6.07) is 10.3. The molecule has 0 spiro atoms. The molecule has 3 heteroatoms. The predicted octanol–water partition coefficient (Wildman–Crippen LogP) is 2.56. The lowest BCUT2D eigenvalue weighted by molar-refractivity contribution is -0.0277. The van der Waals surface area contributed by atoms with Crippen molar-refractivity contribution in [3.8, 4) is 0 Å². The Morgan fingerprint density at radius 1 is 1.35 bits per heavy atom. The van der Waals surface area contributed by atoms with E-state index < -0.39 is 5.60 Å². The zero-order chi connectivity index (χ0) is 14.8. The second-order valence-electron chi connectivity index (χ2n) is 7.19. The monoisotopic (exact) mass is 276 g/mol. The summed E-state index contributed by atoms with van der Waals surface area (Å²) < 4.78 is 0. The van der Waals surface area contributed by atoms with Crippen molar-refractivity contribution in [2.75, 3.05) is 19.6 Å². The Hall–Kier alpha value is -0.900. The number of nitrogens with zero attached hydrogens (tertiary/aromatic N) is 1. The van der Waals surface area contributed by atoms with Crippen LogP contribution in [0.2, 0.25) is 0 Å². The number of likely N-dealkylation sites (tertiary alicyclic amines) is 1. The first kappa shape index (κ1) is 15.5. The maximum atomic E-state index is 10.2. The van der Waals surface area contributed by atoms with Gasteiger partial charge in [0, 0.05) is 19.1 Å². The molecule has 0 radical (unpaired) electrons. The van der Waals surface area contributed by atoms with Crippen LogP contribution in [0.4, 0.5) is 0 Å². The molecule has 112 valence electrons. The average Bonchev–Trinajstić information content (AvgIpc) is 2.37. The Balaban J connectivity index is 2.03. The van der Waals surface area contributed by atoms with Gasteiger partial charge >= 0.3 is 0 Å². The Morgan fingerprint density at radius 3 is 2.60 bits per heavy atom. The molecule has 0 aliphatic carbocycles. The number of hydrogen-bond acceptors (Lipinski definition) is 3. The number of aliphatic hydroxyl groups is 1. The highest BCUT2D eigenvalue weighted by Crippen LogP contribution is 2.33. The first-order valence-corrected chi connectivity index (χ1v) is 7.55. The molecule has 0 bridgehead atoms. The molecule has 3 nitrogen and oxygen atoms in total. The van der Waals surface area contributed by atoms with E-state index in [1.54, 1.807) is 0 Å². The first-order valence-electron chi connectivity index (χ1n) is 7.55. The largest absolute Gasteiger partial charge is 0.389 e. The molecule has 1 aliphatic rings. The Kier molecular flexibility index (Phi) is 4.52. The van der Waals surface area contributed by atoms with Crippen LogP contribution in [-0.2, 0) is 0 Å². The van der Waals surface area contributed by atoms with Crippen molar-refractivity contribution in [3.05, 3.63) is 35.9 Å². The smallest absolute Gasteiger partial charge is 0.0746 e. The summed E-state index contributed by atoms with van der Waals surface area (Å²) >= 11 is 0. The topological polar surface area (TPSA) is 49.5 Å².